The maximum Gasteiger partial charge on any atom is 0.228 e. The molecule has 0 unspecified atom stereocenters. The molecule has 8 nitrogen and oxygen atoms in total. The first-order valence-corrected chi connectivity index (χ1v) is 15.6. The summed E-state index contributed by atoms with van der Waals surface area (Å²) in [6.45, 7) is 6.66. The van der Waals surface area contributed by atoms with Crippen molar-refractivity contribution in [3.63, 3.8) is 0 Å². The Morgan fingerprint density at radius 2 is 1.76 bits per heavy atom. The van der Waals surface area contributed by atoms with Crippen LogP contribution in [-0.4, -0.2) is 53.3 Å². The van der Waals surface area contributed by atoms with Gasteiger partial charge in [0.15, 0.2) is 0 Å². The van der Waals surface area contributed by atoms with Crippen LogP contribution in [0.5, 0.6) is 0 Å². The maximum atomic E-state index is 13.5. The summed E-state index contributed by atoms with van der Waals surface area (Å²) < 4.78 is 5.53. The third-order valence-electron chi connectivity index (χ3n) is 9.17. The number of hydrogen-bond acceptors (Lipinski definition) is 6. The highest BCUT2D eigenvalue weighted by atomic mass is 16.5. The third-order valence-corrected chi connectivity index (χ3v) is 9.17. The lowest BCUT2D eigenvalue weighted by Crippen LogP contribution is -2.34. The van der Waals surface area contributed by atoms with Gasteiger partial charge in [-0.05, 0) is 83.5 Å². The van der Waals surface area contributed by atoms with Gasteiger partial charge in [0.2, 0.25) is 17.6 Å². The molecule has 1 saturated heterocycles. The molecule has 1 aromatic heterocycles. The molecule has 3 aliphatic heterocycles. The Kier molecular flexibility index (Phi) is 7.77. The Hall–Kier alpha value is -4.66. The van der Waals surface area contributed by atoms with Crippen molar-refractivity contribution >= 4 is 40.3 Å². The molecule has 3 aliphatic rings. The molecular formula is C37H36N4O4. The van der Waals surface area contributed by atoms with Crippen LogP contribution in [0, 0.1) is 0 Å². The zero-order chi connectivity index (χ0) is 31.1. The highest BCUT2D eigenvalue weighted by Crippen LogP contribution is 2.38. The van der Waals surface area contributed by atoms with Crippen LogP contribution in [0.2, 0.25) is 0 Å². The number of carbonyl (C=O) groups is 3. The van der Waals surface area contributed by atoms with Gasteiger partial charge in [-0.15, -0.1) is 0 Å². The van der Waals surface area contributed by atoms with Gasteiger partial charge in [-0.3, -0.25) is 19.3 Å². The average molecular weight is 601 g/mol. The largest absolute Gasteiger partial charge is 0.381 e. The number of aromatic nitrogens is 1. The van der Waals surface area contributed by atoms with E-state index in [4.69, 9.17) is 9.72 Å². The molecule has 0 aliphatic carbocycles. The summed E-state index contributed by atoms with van der Waals surface area (Å²) >= 11 is 0. The van der Waals surface area contributed by atoms with Gasteiger partial charge < -0.3 is 15.0 Å². The van der Waals surface area contributed by atoms with Crippen molar-refractivity contribution < 1.29 is 19.1 Å². The van der Waals surface area contributed by atoms with Gasteiger partial charge in [0, 0.05) is 63.7 Å². The zero-order valence-electron chi connectivity index (χ0n) is 25.6. The van der Waals surface area contributed by atoms with Crippen molar-refractivity contribution in [1.82, 2.24) is 15.2 Å². The number of anilines is 1. The topological polar surface area (TPSA) is 91.8 Å². The van der Waals surface area contributed by atoms with Gasteiger partial charge in [-0.1, -0.05) is 36.4 Å². The second-order valence-corrected chi connectivity index (χ2v) is 12.1. The van der Waals surface area contributed by atoms with Crippen LogP contribution in [0.4, 0.5) is 5.69 Å². The first-order valence-electron chi connectivity index (χ1n) is 15.6. The fourth-order valence-corrected chi connectivity index (χ4v) is 6.83. The average Bonchev–Trinajstić information content (AvgIpc) is 3.34. The summed E-state index contributed by atoms with van der Waals surface area (Å²) in [4.78, 5) is 46.8. The fourth-order valence-electron chi connectivity index (χ4n) is 6.83. The van der Waals surface area contributed by atoms with Crippen molar-refractivity contribution in [2.24, 2.45) is 0 Å². The van der Waals surface area contributed by atoms with Crippen molar-refractivity contribution in [2.75, 3.05) is 24.7 Å². The molecule has 4 heterocycles. The van der Waals surface area contributed by atoms with Crippen LogP contribution in [-0.2, 0) is 33.8 Å². The predicted octanol–water partition coefficient (Wildman–Crippen LogP) is 5.67. The number of nitrogens with one attached hydrogen (secondary N) is 1. The van der Waals surface area contributed by atoms with Crippen LogP contribution in [0.1, 0.15) is 59.4 Å². The number of Topliss-reactive ketones (excluding diaryl/α,β-unsaturated/α-hetero) is 1. The standard InChI is InChI=1S/C37H36N4O4/c1-23(42)40-15-12-29-26(22-40)6-5-8-30(29)32-19-28(20-36-37(44)31-7-3-4-9-35(31)41(36)24(2)43)39-34-11-10-25(18-33(32)34)21-38-27-13-16-45-17-14-27/h3-11,18-20,27,38H,12-17,21-22H2,1-2H3/b36-20-. The van der Waals surface area contributed by atoms with E-state index >= 15 is 0 Å². The first-order chi connectivity index (χ1) is 21.9. The zero-order valence-corrected chi connectivity index (χ0v) is 25.6. The van der Waals surface area contributed by atoms with Crippen molar-refractivity contribution in [1.29, 1.82) is 0 Å². The van der Waals surface area contributed by atoms with E-state index in [9.17, 15) is 14.4 Å². The number of ketones is 1. The highest BCUT2D eigenvalue weighted by Gasteiger charge is 2.34. The van der Waals surface area contributed by atoms with Gasteiger partial charge in [-0.2, -0.15) is 0 Å². The summed E-state index contributed by atoms with van der Waals surface area (Å²) in [6, 6.07) is 22.3. The molecule has 1 fully saturated rings. The molecule has 0 atom stereocenters. The van der Waals surface area contributed by atoms with E-state index in [1.54, 1.807) is 25.1 Å². The molecule has 228 valence electrons. The molecule has 4 aromatic rings. The van der Waals surface area contributed by atoms with Crippen LogP contribution in [0.3, 0.4) is 0 Å². The van der Waals surface area contributed by atoms with Crippen molar-refractivity contribution in [3.8, 4) is 11.1 Å². The Balaban J connectivity index is 1.35. The summed E-state index contributed by atoms with van der Waals surface area (Å²) in [7, 11) is 0. The normalized spacial score (nSPS) is 17.6. The lowest BCUT2D eigenvalue weighted by atomic mass is 9.88. The van der Waals surface area contributed by atoms with E-state index in [2.05, 4.69) is 29.6 Å². The molecule has 0 radical (unpaired) electrons. The van der Waals surface area contributed by atoms with Crippen molar-refractivity contribution in [3.05, 3.63) is 100 Å². The van der Waals surface area contributed by atoms with E-state index in [0.29, 0.717) is 41.8 Å². The smallest absolute Gasteiger partial charge is 0.228 e. The number of carbonyl (C=O) groups excluding carboxylic acids is 3. The predicted molar refractivity (Wildman–Crippen MR) is 175 cm³/mol. The second kappa shape index (κ2) is 12.0. The summed E-state index contributed by atoms with van der Waals surface area (Å²) in [6.07, 6.45) is 4.50. The molecule has 0 saturated carbocycles. The first kappa shape index (κ1) is 29.1. The van der Waals surface area contributed by atoms with Crippen LogP contribution >= 0.6 is 0 Å². The maximum absolute atomic E-state index is 13.5. The molecule has 0 spiro atoms. The van der Waals surface area contributed by atoms with Crippen LogP contribution < -0.4 is 10.2 Å². The van der Waals surface area contributed by atoms with E-state index in [1.165, 1.54) is 23.0 Å². The van der Waals surface area contributed by atoms with Gasteiger partial charge in [0.05, 0.1) is 22.6 Å². The minimum atomic E-state index is -0.227. The number of ether oxygens (including phenoxy) is 1. The monoisotopic (exact) mass is 600 g/mol. The number of para-hydroxylation sites is 1. The van der Waals surface area contributed by atoms with E-state index in [0.717, 1.165) is 66.6 Å². The fraction of sp³-hybridized carbons (Fsp3) is 0.297. The second-order valence-electron chi connectivity index (χ2n) is 12.1. The summed E-state index contributed by atoms with van der Waals surface area (Å²) in [5.41, 5.74) is 8.46. The molecule has 3 aromatic carbocycles. The number of nitrogens with zero attached hydrogens (tertiary/aromatic N) is 3. The van der Waals surface area contributed by atoms with E-state index in [1.807, 2.05) is 35.2 Å². The molecule has 2 amide bonds. The van der Waals surface area contributed by atoms with Crippen LogP contribution in [0.25, 0.3) is 28.1 Å². The Morgan fingerprint density at radius 1 is 0.956 bits per heavy atom. The number of benzene rings is 3. The number of pyridine rings is 1. The third kappa shape index (κ3) is 5.56. The SMILES string of the molecule is CC(=O)N1CCc2c(cccc2-c2cc(/C=C3/C(=O)c4ccccc4N3C(C)=O)nc3ccc(CNC4CCOCC4)cc23)C1. The number of rotatable bonds is 5. The molecule has 7 rings (SSSR count). The molecule has 0 bridgehead atoms. The lowest BCUT2D eigenvalue weighted by Gasteiger charge is -2.29. The molecule has 1 N–H and O–H groups in total. The Labute approximate surface area is 262 Å². The Morgan fingerprint density at radius 3 is 2.56 bits per heavy atom. The lowest BCUT2D eigenvalue weighted by molar-refractivity contribution is -0.129. The molecule has 8 heteroatoms. The van der Waals surface area contributed by atoms with Crippen molar-refractivity contribution in [2.45, 2.75) is 52.2 Å². The number of fused-ring (bicyclic) bond motifs is 3. The van der Waals surface area contributed by atoms with E-state index in [-0.39, 0.29) is 17.6 Å². The summed E-state index contributed by atoms with van der Waals surface area (Å²) in [5, 5.41) is 4.72. The Bertz CT molecular complexity index is 1870. The summed E-state index contributed by atoms with van der Waals surface area (Å²) in [5.74, 6) is -0.345. The quantitative estimate of drug-likeness (QED) is 0.297. The van der Waals surface area contributed by atoms with Gasteiger partial charge in [0.25, 0.3) is 0 Å². The molecular weight excluding hydrogens is 564 g/mol. The minimum absolute atomic E-state index is 0.0771. The van der Waals surface area contributed by atoms with Gasteiger partial charge >= 0.3 is 0 Å². The van der Waals surface area contributed by atoms with Gasteiger partial charge in [-0.25, -0.2) is 4.98 Å². The molecule has 45 heavy (non-hydrogen) atoms. The number of amides is 2. The van der Waals surface area contributed by atoms with Gasteiger partial charge in [0.1, 0.15) is 0 Å². The minimum Gasteiger partial charge on any atom is -0.381 e. The number of allylic oxidation sites excluding steroid dienone is 1. The number of hydrogen-bond donors (Lipinski definition) is 1. The highest BCUT2D eigenvalue weighted by molar-refractivity contribution is 6.26. The van der Waals surface area contributed by atoms with Crippen LogP contribution in [0.15, 0.2) is 72.4 Å². The van der Waals surface area contributed by atoms with E-state index < -0.39 is 0 Å².